The summed E-state index contributed by atoms with van der Waals surface area (Å²) in [6, 6.07) is 14.1. The van der Waals surface area contributed by atoms with Gasteiger partial charge in [0, 0.05) is 0 Å². The molecule has 2 aromatic carbocycles. The molecular formula is C20H17ClN2O4S2. The lowest BCUT2D eigenvalue weighted by molar-refractivity contribution is -0.142. The van der Waals surface area contributed by atoms with Crippen molar-refractivity contribution in [3.8, 4) is 11.5 Å². The molecule has 1 aliphatic rings. The van der Waals surface area contributed by atoms with Crippen LogP contribution in [-0.4, -0.2) is 29.3 Å². The first-order valence-corrected chi connectivity index (χ1v) is 10.1. The number of esters is 1. The van der Waals surface area contributed by atoms with E-state index in [1.165, 1.54) is 18.9 Å². The number of hydrogen-bond acceptors (Lipinski definition) is 7. The van der Waals surface area contributed by atoms with Crippen LogP contribution in [0.5, 0.6) is 11.5 Å². The van der Waals surface area contributed by atoms with Crippen LogP contribution in [0.4, 0.5) is 0 Å². The molecule has 150 valence electrons. The molecule has 0 aliphatic carbocycles. The standard InChI is InChI=1S/C20H17ClN2O4S2/c1-26-19(25)16(23-21)10-12-2-6-14(7-3-12)27-15-8-4-13(5-9-15)11-17-18(24)22-20(28)29-17/h2-9,11,16,23H,10H2,1H3,(H,22,24,28)/b17-11-/t16-/m0/s1. The molecule has 3 rings (SSSR count). The molecule has 6 nitrogen and oxygen atoms in total. The molecule has 1 heterocycles. The van der Waals surface area contributed by atoms with Gasteiger partial charge < -0.3 is 14.8 Å². The Balaban J connectivity index is 1.62. The highest BCUT2D eigenvalue weighted by atomic mass is 35.5. The molecule has 9 heteroatoms. The average molecular weight is 449 g/mol. The lowest BCUT2D eigenvalue weighted by Gasteiger charge is -2.12. The molecule has 1 saturated heterocycles. The number of hydrogen-bond donors (Lipinski definition) is 2. The van der Waals surface area contributed by atoms with Gasteiger partial charge in [0.25, 0.3) is 5.91 Å². The van der Waals surface area contributed by atoms with Crippen molar-refractivity contribution in [3.05, 3.63) is 64.6 Å². The minimum absolute atomic E-state index is 0.181. The summed E-state index contributed by atoms with van der Waals surface area (Å²) in [6.07, 6.45) is 2.18. The van der Waals surface area contributed by atoms with E-state index >= 15 is 0 Å². The molecule has 0 spiro atoms. The van der Waals surface area contributed by atoms with Gasteiger partial charge in [0.1, 0.15) is 21.9 Å². The van der Waals surface area contributed by atoms with Crippen LogP contribution in [0, 0.1) is 0 Å². The summed E-state index contributed by atoms with van der Waals surface area (Å²) in [6.45, 7) is 0. The fraction of sp³-hybridized carbons (Fsp3) is 0.150. The average Bonchev–Trinajstić information content (AvgIpc) is 3.05. The predicted octanol–water partition coefficient (Wildman–Crippen LogP) is 3.80. The highest BCUT2D eigenvalue weighted by molar-refractivity contribution is 8.26. The second-order valence-corrected chi connectivity index (χ2v) is 7.99. The molecule has 1 atom stereocenters. The molecule has 0 bridgehead atoms. The molecule has 0 aromatic heterocycles. The Kier molecular flexibility index (Phi) is 7.27. The number of halogens is 1. The second-order valence-electron chi connectivity index (χ2n) is 6.06. The largest absolute Gasteiger partial charge is 0.468 e. The Morgan fingerprint density at radius 2 is 1.83 bits per heavy atom. The first kappa shape index (κ1) is 21.3. The molecule has 2 N–H and O–H groups in total. The number of thioether (sulfide) groups is 1. The third kappa shape index (κ3) is 5.80. The Morgan fingerprint density at radius 3 is 2.34 bits per heavy atom. The van der Waals surface area contributed by atoms with Gasteiger partial charge in [0.15, 0.2) is 0 Å². The molecule has 0 radical (unpaired) electrons. The molecule has 1 aliphatic heterocycles. The van der Waals surface area contributed by atoms with Crippen molar-refractivity contribution >= 4 is 58.0 Å². The summed E-state index contributed by atoms with van der Waals surface area (Å²) in [7, 11) is 1.32. The van der Waals surface area contributed by atoms with Gasteiger partial charge in [-0.15, -0.1) is 0 Å². The normalized spacial score (nSPS) is 15.9. The minimum atomic E-state index is -0.621. The number of thiocarbonyl (C=S) groups is 1. The van der Waals surface area contributed by atoms with Crippen LogP contribution in [0.2, 0.25) is 0 Å². The summed E-state index contributed by atoms with van der Waals surface area (Å²) in [5, 5.41) is 2.59. The molecular weight excluding hydrogens is 432 g/mol. The lowest BCUT2D eigenvalue weighted by Crippen LogP contribution is -2.33. The highest BCUT2D eigenvalue weighted by Crippen LogP contribution is 2.27. The summed E-state index contributed by atoms with van der Waals surface area (Å²) in [5.41, 5.74) is 1.78. The summed E-state index contributed by atoms with van der Waals surface area (Å²) >= 11 is 11.8. The fourth-order valence-electron chi connectivity index (χ4n) is 2.58. The van der Waals surface area contributed by atoms with Gasteiger partial charge >= 0.3 is 5.97 Å². The van der Waals surface area contributed by atoms with Crippen LogP contribution in [0.25, 0.3) is 6.08 Å². The van der Waals surface area contributed by atoms with E-state index in [2.05, 4.69) is 10.2 Å². The number of methoxy groups -OCH3 is 1. The van der Waals surface area contributed by atoms with E-state index in [9.17, 15) is 9.59 Å². The highest BCUT2D eigenvalue weighted by Gasteiger charge is 2.22. The third-order valence-corrected chi connectivity index (χ3v) is 5.46. The Hall–Kier alpha value is -2.39. The van der Waals surface area contributed by atoms with E-state index in [0.29, 0.717) is 27.1 Å². The van der Waals surface area contributed by atoms with Crippen LogP contribution < -0.4 is 14.9 Å². The minimum Gasteiger partial charge on any atom is -0.468 e. The maximum absolute atomic E-state index is 11.7. The third-order valence-electron chi connectivity index (χ3n) is 4.04. The van der Waals surface area contributed by atoms with Crippen LogP contribution in [-0.2, 0) is 20.7 Å². The summed E-state index contributed by atoms with van der Waals surface area (Å²) in [5.74, 6) is 0.711. The molecule has 0 unspecified atom stereocenters. The first-order chi connectivity index (χ1) is 14.0. The van der Waals surface area contributed by atoms with Crippen molar-refractivity contribution in [2.24, 2.45) is 0 Å². The van der Waals surface area contributed by atoms with E-state index in [-0.39, 0.29) is 5.91 Å². The topological polar surface area (TPSA) is 76.7 Å². The zero-order valence-electron chi connectivity index (χ0n) is 15.3. The van der Waals surface area contributed by atoms with E-state index in [0.717, 1.165) is 11.1 Å². The zero-order valence-corrected chi connectivity index (χ0v) is 17.7. The quantitative estimate of drug-likeness (QED) is 0.289. The van der Waals surface area contributed by atoms with Gasteiger partial charge in [-0.2, -0.15) is 0 Å². The Morgan fingerprint density at radius 1 is 1.21 bits per heavy atom. The number of ether oxygens (including phenoxy) is 2. The first-order valence-electron chi connectivity index (χ1n) is 8.54. The van der Waals surface area contributed by atoms with Crippen molar-refractivity contribution in [1.29, 1.82) is 0 Å². The Labute approximate surface area is 182 Å². The predicted molar refractivity (Wildman–Crippen MR) is 118 cm³/mol. The van der Waals surface area contributed by atoms with E-state index < -0.39 is 12.0 Å². The number of carbonyl (C=O) groups excluding carboxylic acids is 2. The number of amides is 1. The van der Waals surface area contributed by atoms with Gasteiger partial charge in [-0.3, -0.25) is 9.59 Å². The van der Waals surface area contributed by atoms with Crippen molar-refractivity contribution < 1.29 is 19.1 Å². The molecule has 2 aromatic rings. The van der Waals surface area contributed by atoms with Crippen LogP contribution >= 0.6 is 35.8 Å². The zero-order chi connectivity index (χ0) is 20.8. The van der Waals surface area contributed by atoms with Crippen LogP contribution in [0.3, 0.4) is 0 Å². The fourth-order valence-corrected chi connectivity index (χ4v) is 3.79. The van der Waals surface area contributed by atoms with E-state index in [4.69, 9.17) is 33.5 Å². The van der Waals surface area contributed by atoms with Crippen molar-refractivity contribution in [2.75, 3.05) is 7.11 Å². The molecule has 1 fully saturated rings. The van der Waals surface area contributed by atoms with Crippen LogP contribution in [0.1, 0.15) is 11.1 Å². The van der Waals surface area contributed by atoms with Gasteiger partial charge in [-0.05, 0) is 59.7 Å². The van der Waals surface area contributed by atoms with Gasteiger partial charge in [-0.1, -0.05) is 48.2 Å². The maximum Gasteiger partial charge on any atom is 0.324 e. The summed E-state index contributed by atoms with van der Waals surface area (Å²) in [4.78, 5) is 26.3. The molecule has 0 saturated carbocycles. The van der Waals surface area contributed by atoms with Gasteiger partial charge in [-0.25, -0.2) is 4.84 Å². The maximum atomic E-state index is 11.7. The summed E-state index contributed by atoms with van der Waals surface area (Å²) < 4.78 is 11.0. The smallest absolute Gasteiger partial charge is 0.324 e. The molecule has 29 heavy (non-hydrogen) atoms. The second kappa shape index (κ2) is 9.89. The van der Waals surface area contributed by atoms with E-state index in [1.807, 2.05) is 48.5 Å². The SMILES string of the molecule is COC(=O)[C@H](Cc1ccc(Oc2ccc(/C=C3\SC(=S)NC3=O)cc2)cc1)NCl. The van der Waals surface area contributed by atoms with Crippen molar-refractivity contribution in [1.82, 2.24) is 10.2 Å². The number of nitrogens with one attached hydrogen (secondary N) is 2. The lowest BCUT2D eigenvalue weighted by atomic mass is 10.1. The van der Waals surface area contributed by atoms with Gasteiger partial charge in [0.05, 0.1) is 12.0 Å². The van der Waals surface area contributed by atoms with Crippen LogP contribution in [0.15, 0.2) is 53.4 Å². The number of benzene rings is 2. The number of carbonyl (C=O) groups is 2. The number of rotatable bonds is 7. The van der Waals surface area contributed by atoms with Crippen molar-refractivity contribution in [2.45, 2.75) is 12.5 Å². The monoisotopic (exact) mass is 448 g/mol. The van der Waals surface area contributed by atoms with Gasteiger partial charge in [0.2, 0.25) is 0 Å². The Bertz CT molecular complexity index is 946. The molecule has 1 amide bonds. The van der Waals surface area contributed by atoms with Crippen molar-refractivity contribution in [3.63, 3.8) is 0 Å². The van der Waals surface area contributed by atoms with E-state index in [1.54, 1.807) is 6.08 Å².